The number of nitrogens with zero attached hydrogens (tertiary/aromatic N) is 5. The lowest BCUT2D eigenvalue weighted by Crippen LogP contribution is -2.29. The molecule has 27 heavy (non-hydrogen) atoms. The van der Waals surface area contributed by atoms with Crippen LogP contribution in [-0.4, -0.2) is 56.7 Å². The number of likely N-dealkylation sites (tertiary alicyclic amines) is 1. The molecule has 1 aliphatic rings. The van der Waals surface area contributed by atoms with Gasteiger partial charge in [-0.15, -0.1) is 0 Å². The Kier molecular flexibility index (Phi) is 4.43. The van der Waals surface area contributed by atoms with E-state index < -0.39 is 0 Å². The molecule has 7 heteroatoms. The largest absolute Gasteiger partial charge is 0.365 e. The van der Waals surface area contributed by atoms with Gasteiger partial charge in [0, 0.05) is 33.6 Å². The maximum Gasteiger partial charge on any atom is 0.262 e. The SMILES string of the molecule is C=C(N(C)C)N1CCC(n2ncc3c(=O)[nH]c(Cc4ccccc4)nc32)C1. The number of H-pyrrole nitrogens is 1. The van der Waals surface area contributed by atoms with Crippen molar-refractivity contribution in [1.82, 2.24) is 29.5 Å². The Morgan fingerprint density at radius 3 is 2.85 bits per heavy atom. The van der Waals surface area contributed by atoms with E-state index in [0.717, 1.165) is 30.9 Å². The van der Waals surface area contributed by atoms with Crippen molar-refractivity contribution in [3.63, 3.8) is 0 Å². The monoisotopic (exact) mass is 364 g/mol. The van der Waals surface area contributed by atoms with Crippen LogP contribution in [0.3, 0.4) is 0 Å². The Morgan fingerprint density at radius 2 is 2.11 bits per heavy atom. The van der Waals surface area contributed by atoms with Gasteiger partial charge in [-0.25, -0.2) is 9.67 Å². The highest BCUT2D eigenvalue weighted by Gasteiger charge is 2.28. The molecule has 0 bridgehead atoms. The summed E-state index contributed by atoms with van der Waals surface area (Å²) in [6.45, 7) is 5.88. The molecule has 0 spiro atoms. The van der Waals surface area contributed by atoms with Crippen molar-refractivity contribution in [1.29, 1.82) is 0 Å². The fourth-order valence-corrected chi connectivity index (χ4v) is 3.58. The van der Waals surface area contributed by atoms with Gasteiger partial charge in [0.1, 0.15) is 11.2 Å². The predicted octanol–water partition coefficient (Wildman–Crippen LogP) is 1.99. The van der Waals surface area contributed by atoms with Gasteiger partial charge in [-0.3, -0.25) is 4.79 Å². The van der Waals surface area contributed by atoms with Crippen LogP contribution >= 0.6 is 0 Å². The van der Waals surface area contributed by atoms with Gasteiger partial charge in [-0.2, -0.15) is 5.10 Å². The third-order valence-corrected chi connectivity index (χ3v) is 5.12. The first-order valence-electron chi connectivity index (χ1n) is 9.14. The van der Waals surface area contributed by atoms with E-state index in [9.17, 15) is 4.79 Å². The van der Waals surface area contributed by atoms with Gasteiger partial charge in [0.25, 0.3) is 5.56 Å². The summed E-state index contributed by atoms with van der Waals surface area (Å²) in [7, 11) is 3.99. The Hall–Kier alpha value is -3.09. The van der Waals surface area contributed by atoms with E-state index in [4.69, 9.17) is 4.98 Å². The summed E-state index contributed by atoms with van der Waals surface area (Å²) in [5.41, 5.74) is 1.64. The van der Waals surface area contributed by atoms with Crippen LogP contribution < -0.4 is 5.56 Å². The summed E-state index contributed by atoms with van der Waals surface area (Å²) >= 11 is 0. The topological polar surface area (TPSA) is 70.1 Å². The summed E-state index contributed by atoms with van der Waals surface area (Å²) in [4.78, 5) is 24.4. The Bertz CT molecular complexity index is 1020. The molecule has 2 aromatic heterocycles. The number of hydrogen-bond donors (Lipinski definition) is 1. The molecule has 1 fully saturated rings. The molecule has 3 aromatic rings. The second kappa shape index (κ2) is 6.90. The van der Waals surface area contributed by atoms with Crippen LogP contribution in [0.4, 0.5) is 0 Å². The summed E-state index contributed by atoms with van der Waals surface area (Å²) in [6.07, 6.45) is 3.16. The van der Waals surface area contributed by atoms with E-state index in [0.29, 0.717) is 23.3 Å². The lowest BCUT2D eigenvalue weighted by atomic mass is 10.1. The third kappa shape index (κ3) is 3.32. The highest BCUT2D eigenvalue weighted by atomic mass is 16.1. The first-order valence-corrected chi connectivity index (χ1v) is 9.14. The van der Waals surface area contributed by atoms with Gasteiger partial charge in [0.05, 0.1) is 18.1 Å². The van der Waals surface area contributed by atoms with Crippen LogP contribution in [0.5, 0.6) is 0 Å². The molecule has 1 N–H and O–H groups in total. The Morgan fingerprint density at radius 1 is 1.33 bits per heavy atom. The zero-order valence-corrected chi connectivity index (χ0v) is 15.7. The van der Waals surface area contributed by atoms with Crippen molar-refractivity contribution >= 4 is 11.0 Å². The minimum atomic E-state index is -0.135. The minimum absolute atomic E-state index is 0.135. The quantitative estimate of drug-likeness (QED) is 0.750. The number of fused-ring (bicyclic) bond motifs is 1. The summed E-state index contributed by atoms with van der Waals surface area (Å²) < 4.78 is 1.90. The molecule has 1 aromatic carbocycles. The van der Waals surface area contributed by atoms with Gasteiger partial charge in [0.15, 0.2) is 5.65 Å². The maximum atomic E-state index is 12.5. The van der Waals surface area contributed by atoms with Gasteiger partial charge in [-0.05, 0) is 12.0 Å². The first-order chi connectivity index (χ1) is 13.0. The average molecular weight is 364 g/mol. The summed E-state index contributed by atoms with van der Waals surface area (Å²) in [5, 5.41) is 5.03. The maximum absolute atomic E-state index is 12.5. The number of aromatic amines is 1. The molecule has 1 unspecified atom stereocenters. The zero-order chi connectivity index (χ0) is 19.0. The number of hydrogen-bond acceptors (Lipinski definition) is 5. The lowest BCUT2D eigenvalue weighted by Gasteiger charge is -2.26. The van der Waals surface area contributed by atoms with Crippen molar-refractivity contribution in [2.24, 2.45) is 0 Å². The number of rotatable bonds is 5. The van der Waals surface area contributed by atoms with E-state index >= 15 is 0 Å². The van der Waals surface area contributed by atoms with E-state index in [2.05, 4.69) is 21.6 Å². The lowest BCUT2D eigenvalue weighted by molar-refractivity contribution is 0.293. The van der Waals surface area contributed by atoms with Gasteiger partial charge in [0.2, 0.25) is 0 Å². The van der Waals surface area contributed by atoms with E-state index in [1.54, 1.807) is 6.20 Å². The third-order valence-electron chi connectivity index (χ3n) is 5.12. The van der Waals surface area contributed by atoms with E-state index in [1.807, 2.05) is 54.0 Å². The molecule has 4 rings (SSSR count). The normalized spacial score (nSPS) is 16.8. The summed E-state index contributed by atoms with van der Waals surface area (Å²) in [5.74, 6) is 1.65. The molecule has 1 saturated heterocycles. The van der Waals surface area contributed by atoms with Gasteiger partial charge in [-0.1, -0.05) is 36.9 Å². The standard InChI is InChI=1S/C20H24N6O/c1-14(24(2)3)25-10-9-16(13-25)26-19-17(12-21-26)20(27)23-18(22-19)11-15-7-5-4-6-8-15/h4-8,12,16H,1,9-11,13H2,2-3H3,(H,22,23,27). The van der Waals surface area contributed by atoms with Crippen LogP contribution in [0.1, 0.15) is 23.9 Å². The predicted molar refractivity (Wildman–Crippen MR) is 105 cm³/mol. The fraction of sp³-hybridized carbons (Fsp3) is 0.350. The van der Waals surface area contributed by atoms with Crippen molar-refractivity contribution in [3.8, 4) is 0 Å². The first kappa shape index (κ1) is 17.3. The van der Waals surface area contributed by atoms with E-state index in [-0.39, 0.29) is 11.6 Å². The smallest absolute Gasteiger partial charge is 0.262 e. The molecule has 0 radical (unpaired) electrons. The van der Waals surface area contributed by atoms with Crippen LogP contribution in [0.2, 0.25) is 0 Å². The summed E-state index contributed by atoms with van der Waals surface area (Å²) in [6, 6.07) is 10.2. The van der Waals surface area contributed by atoms with Crippen LogP contribution in [0.15, 0.2) is 53.7 Å². The molecular weight excluding hydrogens is 340 g/mol. The van der Waals surface area contributed by atoms with Crippen molar-refractivity contribution in [2.75, 3.05) is 27.2 Å². The second-order valence-electron chi connectivity index (χ2n) is 7.20. The van der Waals surface area contributed by atoms with Crippen molar-refractivity contribution in [2.45, 2.75) is 18.9 Å². The van der Waals surface area contributed by atoms with Crippen LogP contribution in [0.25, 0.3) is 11.0 Å². The molecule has 0 aliphatic carbocycles. The van der Waals surface area contributed by atoms with Crippen LogP contribution in [0, 0.1) is 0 Å². The van der Waals surface area contributed by atoms with E-state index in [1.165, 1.54) is 0 Å². The molecule has 1 aliphatic heterocycles. The van der Waals surface area contributed by atoms with Crippen molar-refractivity contribution in [3.05, 3.63) is 70.7 Å². The molecule has 140 valence electrons. The fourth-order valence-electron chi connectivity index (χ4n) is 3.58. The highest BCUT2D eigenvalue weighted by Crippen LogP contribution is 2.26. The number of nitrogens with one attached hydrogen (secondary N) is 1. The molecule has 7 nitrogen and oxygen atoms in total. The molecular formula is C20H24N6O. The van der Waals surface area contributed by atoms with Gasteiger partial charge < -0.3 is 14.8 Å². The van der Waals surface area contributed by atoms with Gasteiger partial charge >= 0.3 is 0 Å². The minimum Gasteiger partial charge on any atom is -0.365 e. The molecule has 0 saturated carbocycles. The second-order valence-corrected chi connectivity index (χ2v) is 7.20. The van der Waals surface area contributed by atoms with Crippen molar-refractivity contribution < 1.29 is 0 Å². The Balaban J connectivity index is 1.64. The number of benzene rings is 1. The Labute approximate surface area is 157 Å². The number of aromatic nitrogens is 4. The highest BCUT2D eigenvalue weighted by molar-refractivity contribution is 5.73. The molecule has 3 heterocycles. The molecule has 0 amide bonds. The van der Waals surface area contributed by atoms with Crippen LogP contribution in [-0.2, 0) is 6.42 Å². The average Bonchev–Trinajstić information content (AvgIpc) is 3.28. The zero-order valence-electron chi connectivity index (χ0n) is 15.7. The molecule has 1 atom stereocenters.